The summed E-state index contributed by atoms with van der Waals surface area (Å²) < 4.78 is 37.3. The van der Waals surface area contributed by atoms with Crippen molar-refractivity contribution in [3.05, 3.63) is 71.3 Å². The van der Waals surface area contributed by atoms with E-state index in [1.54, 1.807) is 15.4 Å². The molecule has 0 N–H and O–H groups in total. The summed E-state index contributed by atoms with van der Waals surface area (Å²) in [6.45, 7) is 1.96. The van der Waals surface area contributed by atoms with Crippen LogP contribution in [0.3, 0.4) is 0 Å². The van der Waals surface area contributed by atoms with Crippen molar-refractivity contribution in [2.45, 2.75) is 31.9 Å². The van der Waals surface area contributed by atoms with Gasteiger partial charge in [0.25, 0.3) is 0 Å². The molecule has 0 aliphatic carbocycles. The lowest BCUT2D eigenvalue weighted by Gasteiger charge is -2.26. The van der Waals surface area contributed by atoms with Gasteiger partial charge < -0.3 is 9.64 Å². The van der Waals surface area contributed by atoms with E-state index >= 15 is 0 Å². The zero-order valence-corrected chi connectivity index (χ0v) is 16.7. The third-order valence-electron chi connectivity index (χ3n) is 6.06. The van der Waals surface area contributed by atoms with Crippen LogP contribution in [0.1, 0.15) is 35.7 Å². The number of hydrogen-bond acceptors (Lipinski definition) is 5. The predicted octanol–water partition coefficient (Wildman–Crippen LogP) is 3.61. The largest absolute Gasteiger partial charge is 0.376 e. The fourth-order valence-electron chi connectivity index (χ4n) is 4.55. The van der Waals surface area contributed by atoms with Gasteiger partial charge >= 0.3 is 0 Å². The molecule has 0 radical (unpaired) electrons. The summed E-state index contributed by atoms with van der Waals surface area (Å²) in [4.78, 5) is 6.88. The van der Waals surface area contributed by atoms with Crippen molar-refractivity contribution in [3.8, 4) is 5.69 Å². The number of fused-ring (bicyclic) bond motifs is 2. The first-order valence-corrected chi connectivity index (χ1v) is 10.4. The Morgan fingerprint density at radius 1 is 1.16 bits per heavy atom. The summed E-state index contributed by atoms with van der Waals surface area (Å²) in [5, 5.41) is 9.10. The van der Waals surface area contributed by atoms with Gasteiger partial charge in [0.05, 0.1) is 31.1 Å². The number of nitrogens with zero attached hydrogens (tertiary/aromatic N) is 6. The average molecular weight is 422 g/mol. The van der Waals surface area contributed by atoms with Gasteiger partial charge in [0.2, 0.25) is 0 Å². The molecule has 4 aromatic rings. The van der Waals surface area contributed by atoms with Crippen LogP contribution in [0.15, 0.2) is 42.9 Å². The summed E-state index contributed by atoms with van der Waals surface area (Å²) >= 11 is 0. The van der Waals surface area contributed by atoms with Gasteiger partial charge in [-0.3, -0.25) is 0 Å². The minimum absolute atomic E-state index is 0.258. The SMILES string of the molecule is Fc1ccc(F)c([C@H]2CCCN2c2ccn3ncc(-n4cc5c(n4)CCOC5)c3n2)c1. The third-order valence-corrected chi connectivity index (χ3v) is 6.06. The van der Waals surface area contributed by atoms with Crippen molar-refractivity contribution in [3.63, 3.8) is 0 Å². The smallest absolute Gasteiger partial charge is 0.183 e. The van der Waals surface area contributed by atoms with E-state index in [-0.39, 0.29) is 6.04 Å². The lowest BCUT2D eigenvalue weighted by atomic mass is 10.0. The van der Waals surface area contributed by atoms with E-state index < -0.39 is 11.6 Å². The number of hydrogen-bond donors (Lipinski definition) is 0. The van der Waals surface area contributed by atoms with Crippen molar-refractivity contribution in [2.75, 3.05) is 18.1 Å². The van der Waals surface area contributed by atoms with Crippen molar-refractivity contribution >= 4 is 11.5 Å². The van der Waals surface area contributed by atoms with E-state index in [2.05, 4.69) is 5.10 Å². The molecule has 158 valence electrons. The van der Waals surface area contributed by atoms with Crippen LogP contribution in [-0.2, 0) is 17.8 Å². The molecule has 3 aromatic heterocycles. The van der Waals surface area contributed by atoms with Gasteiger partial charge in [-0.05, 0) is 37.1 Å². The molecule has 2 aliphatic heterocycles. The van der Waals surface area contributed by atoms with Crippen LogP contribution in [0.2, 0.25) is 0 Å². The summed E-state index contributed by atoms with van der Waals surface area (Å²) in [7, 11) is 0. The Morgan fingerprint density at radius 3 is 3.00 bits per heavy atom. The molecule has 2 aliphatic rings. The molecule has 6 rings (SSSR count). The van der Waals surface area contributed by atoms with Crippen molar-refractivity contribution in [1.82, 2.24) is 24.4 Å². The normalized spacial score (nSPS) is 18.6. The summed E-state index contributed by atoms with van der Waals surface area (Å²) in [6, 6.07) is 5.23. The number of aromatic nitrogens is 5. The maximum Gasteiger partial charge on any atom is 0.183 e. The van der Waals surface area contributed by atoms with E-state index in [0.29, 0.717) is 30.2 Å². The molecule has 0 bridgehead atoms. The molecule has 1 atom stereocenters. The van der Waals surface area contributed by atoms with E-state index in [4.69, 9.17) is 14.8 Å². The standard InChI is InChI=1S/C22H20F2N6O/c23-15-3-4-17(24)16(10-15)19-2-1-7-28(19)21-5-8-29-22(26-21)20(11-25-29)30-12-14-13-31-9-6-18(14)27-30/h3-5,8,10-12,19H,1-2,6-7,9,13H2/t19-/m1/s1. The second kappa shape index (κ2) is 7.12. The molecule has 7 nitrogen and oxygen atoms in total. The molecule has 5 heterocycles. The fourth-order valence-corrected chi connectivity index (χ4v) is 4.55. The topological polar surface area (TPSA) is 60.5 Å². The molecular weight excluding hydrogens is 402 g/mol. The molecule has 0 amide bonds. The van der Waals surface area contributed by atoms with Crippen LogP contribution in [-0.4, -0.2) is 37.5 Å². The molecule has 1 aromatic carbocycles. The molecule has 1 saturated heterocycles. The van der Waals surface area contributed by atoms with Gasteiger partial charge in [-0.25, -0.2) is 23.0 Å². The maximum atomic E-state index is 14.5. The van der Waals surface area contributed by atoms with E-state index in [9.17, 15) is 8.78 Å². The van der Waals surface area contributed by atoms with Crippen molar-refractivity contribution < 1.29 is 13.5 Å². The highest BCUT2D eigenvalue weighted by atomic mass is 19.1. The minimum Gasteiger partial charge on any atom is -0.376 e. The number of halogens is 2. The zero-order valence-electron chi connectivity index (χ0n) is 16.7. The first-order valence-electron chi connectivity index (χ1n) is 10.4. The third kappa shape index (κ3) is 3.07. The number of anilines is 1. The second-order valence-electron chi connectivity index (χ2n) is 7.95. The number of benzene rings is 1. The molecule has 31 heavy (non-hydrogen) atoms. The van der Waals surface area contributed by atoms with E-state index in [1.807, 2.05) is 23.4 Å². The molecule has 0 unspecified atom stereocenters. The summed E-state index contributed by atoms with van der Waals surface area (Å²) in [6.07, 6.45) is 7.94. The first-order chi connectivity index (χ1) is 15.2. The lowest BCUT2D eigenvalue weighted by molar-refractivity contribution is 0.110. The maximum absolute atomic E-state index is 14.5. The van der Waals surface area contributed by atoms with Crippen LogP contribution in [0, 0.1) is 11.6 Å². The second-order valence-corrected chi connectivity index (χ2v) is 7.95. The number of rotatable bonds is 3. The van der Waals surface area contributed by atoms with Crippen LogP contribution in [0.4, 0.5) is 14.6 Å². The highest BCUT2D eigenvalue weighted by molar-refractivity contribution is 5.61. The Balaban J connectivity index is 1.40. The Kier molecular flexibility index (Phi) is 4.24. The fraction of sp³-hybridized carbons (Fsp3) is 0.318. The lowest BCUT2D eigenvalue weighted by Crippen LogP contribution is -2.24. The molecule has 9 heteroatoms. The molecular formula is C22H20F2N6O. The Morgan fingerprint density at radius 2 is 2.10 bits per heavy atom. The van der Waals surface area contributed by atoms with Crippen LogP contribution >= 0.6 is 0 Å². The van der Waals surface area contributed by atoms with Gasteiger partial charge in [-0.1, -0.05) is 0 Å². The van der Waals surface area contributed by atoms with Crippen LogP contribution < -0.4 is 4.90 Å². The van der Waals surface area contributed by atoms with Gasteiger partial charge in [0.15, 0.2) is 5.65 Å². The highest BCUT2D eigenvalue weighted by Gasteiger charge is 2.30. The number of ether oxygens (including phenoxy) is 1. The first kappa shape index (κ1) is 18.4. The van der Waals surface area contributed by atoms with Gasteiger partial charge in [0, 0.05) is 36.5 Å². The minimum atomic E-state index is -0.434. The Labute approximate surface area is 176 Å². The quantitative estimate of drug-likeness (QED) is 0.505. The molecule has 0 saturated carbocycles. The highest BCUT2D eigenvalue weighted by Crippen LogP contribution is 2.37. The van der Waals surface area contributed by atoms with Crippen molar-refractivity contribution in [1.29, 1.82) is 0 Å². The van der Waals surface area contributed by atoms with Gasteiger partial charge in [-0.2, -0.15) is 10.2 Å². The molecule has 0 spiro atoms. The van der Waals surface area contributed by atoms with Crippen LogP contribution in [0.5, 0.6) is 0 Å². The van der Waals surface area contributed by atoms with E-state index in [1.165, 1.54) is 12.1 Å². The average Bonchev–Trinajstić information content (AvgIpc) is 3.52. The summed E-state index contributed by atoms with van der Waals surface area (Å²) in [5.74, 6) is -0.120. The molecule has 1 fully saturated rings. The predicted molar refractivity (Wildman–Crippen MR) is 109 cm³/mol. The monoisotopic (exact) mass is 422 g/mol. The summed E-state index contributed by atoms with van der Waals surface area (Å²) in [5.41, 5.74) is 3.89. The van der Waals surface area contributed by atoms with Crippen LogP contribution in [0.25, 0.3) is 11.3 Å². The van der Waals surface area contributed by atoms with Gasteiger partial charge in [-0.15, -0.1) is 0 Å². The van der Waals surface area contributed by atoms with Crippen molar-refractivity contribution in [2.24, 2.45) is 0 Å². The Bertz CT molecular complexity index is 1260. The zero-order chi connectivity index (χ0) is 20.9. The van der Waals surface area contributed by atoms with E-state index in [0.717, 1.165) is 48.8 Å². The van der Waals surface area contributed by atoms with Gasteiger partial charge in [0.1, 0.15) is 23.1 Å². The Hall–Kier alpha value is -3.33.